The van der Waals surface area contributed by atoms with E-state index in [-0.39, 0.29) is 0 Å². The summed E-state index contributed by atoms with van der Waals surface area (Å²) >= 11 is 7.66. The summed E-state index contributed by atoms with van der Waals surface area (Å²) < 4.78 is 10.5. The van der Waals surface area contributed by atoms with Crippen LogP contribution in [0.2, 0.25) is 0 Å². The number of thiophene rings is 4. The molecule has 392 valence electrons. The van der Waals surface area contributed by atoms with E-state index in [0.717, 1.165) is 22.7 Å². The maximum absolute atomic E-state index is 2.47. The third kappa shape index (κ3) is 7.32. The zero-order valence-corrected chi connectivity index (χ0v) is 48.4. The van der Waals surface area contributed by atoms with Gasteiger partial charge in [0, 0.05) is 94.0 Å². The number of hydrogen-bond donors (Lipinski definition) is 0. The lowest BCUT2D eigenvalue weighted by atomic mass is 9.95. The van der Waals surface area contributed by atoms with Gasteiger partial charge in [-0.25, -0.2) is 0 Å². The Kier molecular flexibility index (Phi) is 10.8. The maximum atomic E-state index is 2.47. The van der Waals surface area contributed by atoms with Gasteiger partial charge in [-0.05, 0) is 140 Å². The summed E-state index contributed by atoms with van der Waals surface area (Å²) in [6, 6.07) is 104. The molecule has 18 aromatic rings. The van der Waals surface area contributed by atoms with Crippen LogP contribution in [-0.4, -0.2) is 0 Å². The highest BCUT2D eigenvalue weighted by molar-refractivity contribution is 7.31. The zero-order chi connectivity index (χ0) is 55.0. The van der Waals surface area contributed by atoms with E-state index in [9.17, 15) is 0 Å². The molecule has 4 aromatic heterocycles. The van der Waals surface area contributed by atoms with Crippen LogP contribution in [0.4, 0.5) is 34.1 Å². The molecule has 18 rings (SSSR count). The molecule has 0 spiro atoms. The van der Waals surface area contributed by atoms with E-state index in [4.69, 9.17) is 0 Å². The van der Waals surface area contributed by atoms with Crippen LogP contribution in [0.3, 0.4) is 0 Å². The van der Waals surface area contributed by atoms with Crippen molar-refractivity contribution in [3.63, 3.8) is 0 Å². The quantitative estimate of drug-likeness (QED) is 0.150. The molecule has 0 bridgehead atoms. The van der Waals surface area contributed by atoms with Crippen molar-refractivity contribution in [2.45, 2.75) is 0 Å². The summed E-state index contributed by atoms with van der Waals surface area (Å²) in [6.07, 6.45) is 0. The Bertz CT molecular complexity index is 5690. The van der Waals surface area contributed by atoms with Crippen molar-refractivity contribution >= 4 is 192 Å². The summed E-state index contributed by atoms with van der Waals surface area (Å²) in [5, 5.41) is 18.3. The van der Waals surface area contributed by atoms with Crippen molar-refractivity contribution in [3.8, 4) is 22.3 Å². The average Bonchev–Trinajstić information content (AvgIpc) is 2.27. The fourth-order valence-electron chi connectivity index (χ4n) is 13.5. The second-order valence-electron chi connectivity index (χ2n) is 21.8. The highest BCUT2D eigenvalue weighted by Gasteiger charge is 2.24. The first-order chi connectivity index (χ1) is 41.7. The van der Waals surface area contributed by atoms with Gasteiger partial charge in [0.05, 0.1) is 20.8 Å². The van der Waals surface area contributed by atoms with E-state index >= 15 is 0 Å². The van der Waals surface area contributed by atoms with Gasteiger partial charge in [0.25, 0.3) is 0 Å². The average molecular weight is 1140 g/mol. The number of rotatable bonds is 8. The van der Waals surface area contributed by atoms with Crippen LogP contribution in [0.5, 0.6) is 0 Å². The first kappa shape index (κ1) is 47.9. The molecule has 0 N–H and O–H groups in total. The maximum Gasteiger partial charge on any atom is 0.0640 e. The molecule has 84 heavy (non-hydrogen) atoms. The lowest BCUT2D eigenvalue weighted by Gasteiger charge is -2.26. The Labute approximate surface area is 499 Å². The monoisotopic (exact) mass is 1140 g/mol. The number of para-hydroxylation sites is 2. The van der Waals surface area contributed by atoms with Gasteiger partial charge in [-0.15, -0.1) is 45.3 Å². The molecule has 2 nitrogen and oxygen atoms in total. The van der Waals surface area contributed by atoms with Gasteiger partial charge < -0.3 is 9.80 Å². The van der Waals surface area contributed by atoms with Gasteiger partial charge in [-0.1, -0.05) is 194 Å². The van der Waals surface area contributed by atoms with Crippen molar-refractivity contribution in [1.82, 2.24) is 0 Å². The topological polar surface area (TPSA) is 6.48 Å². The SMILES string of the molecule is c1ccc(N(c2cccc(-c3cccc4c3ccc3sc5c(ccc6sc7c(N(c8ccccc8)c8ccc(-c9cccc%10ccccc9%10)cc8)cccc7c65)c34)c2)c2cccc3c2sc2ccc4c(sc5ccc6ccccc6c54)c23)cc1. The Hall–Kier alpha value is -9.66. The molecule has 14 aromatic carbocycles. The molecular weight excluding hydrogens is 1090 g/mol. The van der Waals surface area contributed by atoms with Crippen molar-refractivity contribution in [2.24, 2.45) is 0 Å². The van der Waals surface area contributed by atoms with Gasteiger partial charge in [0.1, 0.15) is 0 Å². The van der Waals surface area contributed by atoms with Gasteiger partial charge in [0.2, 0.25) is 0 Å². The summed E-state index contributed by atoms with van der Waals surface area (Å²) in [6.45, 7) is 0. The van der Waals surface area contributed by atoms with Gasteiger partial charge in [-0.2, -0.15) is 0 Å². The van der Waals surface area contributed by atoms with Crippen molar-refractivity contribution < 1.29 is 0 Å². The summed E-state index contributed by atoms with van der Waals surface area (Å²) in [7, 11) is 0. The number of hydrogen-bond acceptors (Lipinski definition) is 6. The van der Waals surface area contributed by atoms with Crippen molar-refractivity contribution in [2.75, 3.05) is 9.80 Å². The molecule has 4 heterocycles. The largest absolute Gasteiger partial charge is 0.309 e. The van der Waals surface area contributed by atoms with E-state index in [1.807, 2.05) is 45.3 Å². The number of nitrogens with zero attached hydrogens (tertiary/aromatic N) is 2. The smallest absolute Gasteiger partial charge is 0.0640 e. The summed E-state index contributed by atoms with van der Waals surface area (Å²) in [5.41, 5.74) is 11.7. The molecule has 0 atom stereocenters. The summed E-state index contributed by atoms with van der Waals surface area (Å²) in [4.78, 5) is 4.90. The number of fused-ring (bicyclic) bond motifs is 19. The molecule has 0 aliphatic rings. The lowest BCUT2D eigenvalue weighted by molar-refractivity contribution is 1.30. The van der Waals surface area contributed by atoms with Crippen LogP contribution in [0.15, 0.2) is 279 Å². The third-order valence-corrected chi connectivity index (χ3v) is 22.0. The van der Waals surface area contributed by atoms with Crippen LogP contribution in [-0.2, 0) is 0 Å². The minimum Gasteiger partial charge on any atom is -0.309 e. The molecule has 0 aliphatic carbocycles. The molecule has 0 amide bonds. The fourth-order valence-corrected chi connectivity index (χ4v) is 18.6. The van der Waals surface area contributed by atoms with Crippen molar-refractivity contribution in [3.05, 3.63) is 279 Å². The second kappa shape index (κ2) is 18.9. The Balaban J connectivity index is 0.755. The molecule has 0 saturated carbocycles. The molecule has 0 aliphatic heterocycles. The van der Waals surface area contributed by atoms with Crippen molar-refractivity contribution in [1.29, 1.82) is 0 Å². The molecule has 0 fully saturated rings. The molecule has 0 unspecified atom stereocenters. The van der Waals surface area contributed by atoms with E-state index in [1.54, 1.807) is 0 Å². The molecule has 0 radical (unpaired) electrons. The molecule has 0 saturated heterocycles. The Morgan fingerprint density at radius 1 is 0.214 bits per heavy atom. The second-order valence-corrected chi connectivity index (χ2v) is 26.0. The van der Waals surface area contributed by atoms with Gasteiger partial charge in [-0.3, -0.25) is 0 Å². The lowest BCUT2D eigenvalue weighted by Crippen LogP contribution is -2.10. The van der Waals surface area contributed by atoms with Gasteiger partial charge in [0.15, 0.2) is 0 Å². The van der Waals surface area contributed by atoms with Gasteiger partial charge >= 0.3 is 0 Å². The van der Waals surface area contributed by atoms with Crippen LogP contribution in [0, 0.1) is 0 Å². The highest BCUT2D eigenvalue weighted by Crippen LogP contribution is 2.53. The number of benzene rings is 14. The van der Waals surface area contributed by atoms with E-state index in [2.05, 4.69) is 289 Å². The first-order valence-corrected chi connectivity index (χ1v) is 31.7. The predicted molar refractivity (Wildman–Crippen MR) is 371 cm³/mol. The zero-order valence-electron chi connectivity index (χ0n) is 45.1. The van der Waals surface area contributed by atoms with Crippen LogP contribution >= 0.6 is 45.3 Å². The standard InChI is InChI=1S/C78H46N2S4/c1-3-20-51(21-4-1)79(53-37-34-49(35-38-53)56-27-12-18-47-16-7-9-25-55(47)56)65-32-14-30-61-74-70(81-75(61)65)45-41-64-72-60-29-13-28-57(59(60)39-43-68(72)84-78(64)74)50-19-11-24-54(46-50)80(52-22-5-2-6-23-52)66-33-15-31-62-73-69(82-76(62)66)44-40-63-71-58-26-10-8-17-48(58)36-42-67(71)83-77(63)73/h1-46H. The van der Waals surface area contributed by atoms with Crippen LogP contribution in [0.25, 0.3) is 135 Å². The third-order valence-electron chi connectivity index (χ3n) is 17.2. The molecular formula is C78H46N2S4. The van der Waals surface area contributed by atoms with E-state index in [0.29, 0.717) is 0 Å². The normalized spacial score (nSPS) is 12.0. The highest BCUT2D eigenvalue weighted by atomic mass is 32.1. The minimum atomic E-state index is 1.12. The molecule has 6 heteroatoms. The van der Waals surface area contributed by atoms with E-state index in [1.165, 1.54) is 147 Å². The van der Waals surface area contributed by atoms with Crippen LogP contribution in [0.1, 0.15) is 0 Å². The van der Waals surface area contributed by atoms with Crippen LogP contribution < -0.4 is 9.80 Å². The number of anilines is 6. The minimum absolute atomic E-state index is 1.12. The first-order valence-electron chi connectivity index (χ1n) is 28.5. The Morgan fingerprint density at radius 2 is 0.619 bits per heavy atom. The Morgan fingerprint density at radius 3 is 1.26 bits per heavy atom. The summed E-state index contributed by atoms with van der Waals surface area (Å²) in [5.74, 6) is 0. The fraction of sp³-hybridized carbons (Fsp3) is 0. The predicted octanol–water partition coefficient (Wildman–Crippen LogP) is 24.9. The van der Waals surface area contributed by atoms with E-state index < -0.39 is 0 Å².